The van der Waals surface area contributed by atoms with E-state index in [1.54, 1.807) is 11.1 Å². The summed E-state index contributed by atoms with van der Waals surface area (Å²) in [6, 6.07) is 0. The van der Waals surface area contributed by atoms with Crippen molar-refractivity contribution in [3.05, 3.63) is 23.0 Å². The smallest absolute Gasteiger partial charge is 0.0959 e. The third-order valence-corrected chi connectivity index (χ3v) is 8.74. The molecule has 2 nitrogen and oxygen atoms in total. The molecule has 0 aromatic carbocycles. The molecule has 23 heavy (non-hydrogen) atoms. The van der Waals surface area contributed by atoms with E-state index < -0.39 is 0 Å². The van der Waals surface area contributed by atoms with E-state index in [0.29, 0.717) is 5.41 Å². The number of rotatable bonds is 1. The highest BCUT2D eigenvalue weighted by atomic mass is 16.5. The largest absolute Gasteiger partial charge is 0.501 e. The van der Waals surface area contributed by atoms with Gasteiger partial charge in [0.25, 0.3) is 0 Å². The average Bonchev–Trinajstić information content (AvgIpc) is 3.19. The van der Waals surface area contributed by atoms with E-state index in [-0.39, 0.29) is 11.5 Å². The molecule has 126 valence electrons. The van der Waals surface area contributed by atoms with E-state index in [1.165, 1.54) is 31.4 Å². The summed E-state index contributed by atoms with van der Waals surface area (Å²) in [7, 11) is 1.81. The van der Waals surface area contributed by atoms with Gasteiger partial charge in [0.1, 0.15) is 0 Å². The van der Waals surface area contributed by atoms with Crippen LogP contribution in [-0.2, 0) is 4.74 Å². The molecule has 0 aliphatic heterocycles. The maximum absolute atomic E-state index is 10.7. The lowest BCUT2D eigenvalue weighted by atomic mass is 9.49. The molecule has 5 aliphatic rings. The fourth-order valence-corrected chi connectivity index (χ4v) is 7.71. The van der Waals surface area contributed by atoms with Crippen molar-refractivity contribution in [1.82, 2.24) is 0 Å². The maximum Gasteiger partial charge on any atom is 0.0959 e. The number of methoxy groups -OCH3 is 1. The summed E-state index contributed by atoms with van der Waals surface area (Å²) in [6.45, 7) is 4.91. The van der Waals surface area contributed by atoms with Gasteiger partial charge in [0, 0.05) is 6.42 Å². The minimum atomic E-state index is -0.0453. The third kappa shape index (κ3) is 1.59. The lowest BCUT2D eigenvalue weighted by Gasteiger charge is -2.55. The Balaban J connectivity index is 1.54. The molecule has 0 unspecified atom stereocenters. The summed E-state index contributed by atoms with van der Waals surface area (Å²) in [4.78, 5) is 0. The Labute approximate surface area is 140 Å². The van der Waals surface area contributed by atoms with Gasteiger partial charge in [0.15, 0.2) is 0 Å². The number of ether oxygens (including phenoxy) is 1. The van der Waals surface area contributed by atoms with Crippen LogP contribution in [0.15, 0.2) is 23.0 Å². The van der Waals surface area contributed by atoms with E-state index in [0.717, 1.165) is 42.9 Å². The van der Waals surface area contributed by atoms with Crippen molar-refractivity contribution in [3.8, 4) is 0 Å². The fourth-order valence-electron chi connectivity index (χ4n) is 7.71. The summed E-state index contributed by atoms with van der Waals surface area (Å²) in [5, 5.41) is 10.7. The van der Waals surface area contributed by atoms with E-state index in [9.17, 15) is 5.11 Å². The number of fused-ring (bicyclic) bond motifs is 2. The van der Waals surface area contributed by atoms with Gasteiger partial charge in [-0.2, -0.15) is 0 Å². The standard InChI is InChI=1S/C21H30O2/c1-12-8-13-9-15(23-3)4-5-16(13)17-6-7-20(2)18(22)10-14-11-21(14,20)19(12)17/h4,12,14,17-19,22H,5-11H2,1-3H3/t12-,14-,17-,18-,19-,20-,21-/m1/s1. The number of hydrogen-bond donors (Lipinski definition) is 1. The van der Waals surface area contributed by atoms with Gasteiger partial charge in [0.05, 0.1) is 19.0 Å². The second-order valence-corrected chi connectivity index (χ2v) is 9.35. The summed E-state index contributed by atoms with van der Waals surface area (Å²) in [5.41, 5.74) is 4.12. The van der Waals surface area contributed by atoms with Crippen LogP contribution >= 0.6 is 0 Å². The van der Waals surface area contributed by atoms with E-state index in [4.69, 9.17) is 4.74 Å². The van der Waals surface area contributed by atoms with Gasteiger partial charge in [0.2, 0.25) is 0 Å². The molecule has 5 aliphatic carbocycles. The van der Waals surface area contributed by atoms with E-state index in [2.05, 4.69) is 19.9 Å². The maximum atomic E-state index is 10.7. The summed E-state index contributed by atoms with van der Waals surface area (Å²) >= 11 is 0. The second-order valence-electron chi connectivity index (χ2n) is 9.35. The lowest BCUT2D eigenvalue weighted by Crippen LogP contribution is -2.51. The Morgan fingerprint density at radius 1 is 1.35 bits per heavy atom. The molecule has 0 radical (unpaired) electrons. The Morgan fingerprint density at radius 2 is 2.17 bits per heavy atom. The van der Waals surface area contributed by atoms with Gasteiger partial charge >= 0.3 is 0 Å². The summed E-state index contributed by atoms with van der Waals surface area (Å²) in [5.74, 6) is 4.36. The quantitative estimate of drug-likeness (QED) is 0.725. The molecular weight excluding hydrogens is 284 g/mol. The highest BCUT2D eigenvalue weighted by Crippen LogP contribution is 2.82. The normalized spacial score (nSPS) is 53.7. The Morgan fingerprint density at radius 3 is 2.96 bits per heavy atom. The molecule has 2 heteroatoms. The minimum Gasteiger partial charge on any atom is -0.501 e. The van der Waals surface area contributed by atoms with Gasteiger partial charge in [-0.15, -0.1) is 0 Å². The van der Waals surface area contributed by atoms with Gasteiger partial charge < -0.3 is 9.84 Å². The van der Waals surface area contributed by atoms with Gasteiger partial charge in [-0.25, -0.2) is 0 Å². The fraction of sp³-hybridized carbons (Fsp3) is 0.810. The SMILES string of the molecule is COC1=CCC2=C(C1)C[C@@H](C)[C@@H]1[C@@H]2CC[C@]2(C)[C@H](O)C[C@@H]3C[C@@]312. The molecule has 3 saturated carbocycles. The number of allylic oxidation sites excluding steroid dienone is 3. The molecule has 0 heterocycles. The second kappa shape index (κ2) is 4.45. The molecule has 0 saturated heterocycles. The Kier molecular flexibility index (Phi) is 2.82. The van der Waals surface area contributed by atoms with Crippen molar-refractivity contribution in [2.75, 3.05) is 7.11 Å². The predicted molar refractivity (Wildman–Crippen MR) is 90.6 cm³/mol. The summed E-state index contributed by atoms with van der Waals surface area (Å²) < 4.78 is 5.53. The van der Waals surface area contributed by atoms with Crippen molar-refractivity contribution in [1.29, 1.82) is 0 Å². The molecule has 5 rings (SSSR count). The van der Waals surface area contributed by atoms with E-state index >= 15 is 0 Å². The highest BCUT2D eigenvalue weighted by molar-refractivity contribution is 5.37. The van der Waals surface area contributed by atoms with Crippen molar-refractivity contribution in [2.24, 2.45) is 34.5 Å². The first-order valence-corrected chi connectivity index (χ1v) is 9.63. The molecule has 1 spiro atoms. The molecule has 0 aromatic rings. The topological polar surface area (TPSA) is 29.5 Å². The molecule has 0 bridgehead atoms. The third-order valence-electron chi connectivity index (χ3n) is 8.74. The van der Waals surface area contributed by atoms with Crippen LogP contribution < -0.4 is 0 Å². The minimum absolute atomic E-state index is 0.0453. The van der Waals surface area contributed by atoms with Crippen LogP contribution in [0.4, 0.5) is 0 Å². The zero-order chi connectivity index (χ0) is 16.0. The van der Waals surface area contributed by atoms with Crippen LogP contribution in [0.25, 0.3) is 0 Å². The number of aliphatic hydroxyl groups excluding tert-OH is 1. The average molecular weight is 314 g/mol. The van der Waals surface area contributed by atoms with Crippen LogP contribution in [0.2, 0.25) is 0 Å². The molecule has 3 fully saturated rings. The lowest BCUT2D eigenvalue weighted by molar-refractivity contribution is -0.0780. The van der Waals surface area contributed by atoms with Gasteiger partial charge in [-0.1, -0.05) is 25.0 Å². The van der Waals surface area contributed by atoms with Crippen molar-refractivity contribution in [2.45, 2.75) is 64.9 Å². The molecular formula is C21H30O2. The van der Waals surface area contributed by atoms with Gasteiger partial charge in [-0.05, 0) is 79.1 Å². The monoisotopic (exact) mass is 314 g/mol. The number of hydrogen-bond acceptors (Lipinski definition) is 2. The first-order valence-electron chi connectivity index (χ1n) is 9.63. The van der Waals surface area contributed by atoms with Crippen molar-refractivity contribution >= 4 is 0 Å². The predicted octanol–water partition coefficient (Wildman–Crippen LogP) is 4.45. The van der Waals surface area contributed by atoms with Crippen molar-refractivity contribution < 1.29 is 9.84 Å². The zero-order valence-corrected chi connectivity index (χ0v) is 14.8. The molecule has 0 aromatic heterocycles. The molecule has 7 atom stereocenters. The van der Waals surface area contributed by atoms with Crippen LogP contribution in [0.3, 0.4) is 0 Å². The Bertz CT molecular complexity index is 617. The molecule has 0 amide bonds. The van der Waals surface area contributed by atoms with E-state index in [1.807, 2.05) is 7.11 Å². The van der Waals surface area contributed by atoms with Crippen molar-refractivity contribution in [3.63, 3.8) is 0 Å². The van der Waals surface area contributed by atoms with Crippen LogP contribution in [0.1, 0.15) is 58.8 Å². The van der Waals surface area contributed by atoms with Crippen LogP contribution in [0.5, 0.6) is 0 Å². The van der Waals surface area contributed by atoms with Gasteiger partial charge in [-0.3, -0.25) is 0 Å². The highest BCUT2D eigenvalue weighted by Gasteiger charge is 2.77. The number of aliphatic hydroxyl groups is 1. The molecule has 1 N–H and O–H groups in total. The first-order chi connectivity index (χ1) is 11.0. The first kappa shape index (κ1) is 14.6. The van der Waals surface area contributed by atoms with Crippen LogP contribution in [0, 0.1) is 34.5 Å². The van der Waals surface area contributed by atoms with Crippen LogP contribution in [-0.4, -0.2) is 18.3 Å². The zero-order valence-electron chi connectivity index (χ0n) is 14.8. The Hall–Kier alpha value is -0.760. The summed E-state index contributed by atoms with van der Waals surface area (Å²) in [6.07, 6.45) is 10.7.